The van der Waals surface area contributed by atoms with E-state index in [1.54, 1.807) is 0 Å². The number of alkyl halides is 3. The Balaban J connectivity index is 2.18. The Kier molecular flexibility index (Phi) is 4.60. The van der Waals surface area contributed by atoms with Crippen LogP contribution in [0.1, 0.15) is 12.5 Å². The lowest BCUT2D eigenvalue weighted by molar-refractivity contribution is -0.286. The number of halogens is 3. The molecule has 0 unspecified atom stereocenters. The van der Waals surface area contributed by atoms with E-state index in [9.17, 15) is 28.5 Å². The summed E-state index contributed by atoms with van der Waals surface area (Å²) in [4.78, 5) is 3.46. The topological polar surface area (TPSA) is 92.0 Å². The van der Waals surface area contributed by atoms with Gasteiger partial charge in [-0.1, -0.05) is 12.6 Å². The van der Waals surface area contributed by atoms with E-state index in [1.165, 1.54) is 6.92 Å². The van der Waals surface area contributed by atoms with Crippen LogP contribution >= 0.6 is 12.6 Å². The van der Waals surface area contributed by atoms with Crippen LogP contribution in [0.5, 0.6) is 5.88 Å². The van der Waals surface area contributed by atoms with Crippen LogP contribution in [0.2, 0.25) is 0 Å². The standard InChI is InChI=1S/C12H14F3NO5S/c1-5-8(17)9(18)10(19)12(22,20-5)21-7-3-2-6(4-16-7)11(13,14)15/h2-5,8-10,17-19,22H,1H3/t5-,8+,9+,10-,12+/m0/s1. The molecule has 1 aliphatic heterocycles. The van der Waals surface area contributed by atoms with Crippen LogP contribution in [0.15, 0.2) is 18.3 Å². The van der Waals surface area contributed by atoms with E-state index in [0.717, 1.165) is 12.1 Å². The van der Waals surface area contributed by atoms with Gasteiger partial charge in [0.1, 0.15) is 12.2 Å². The van der Waals surface area contributed by atoms with Crippen LogP contribution in [-0.2, 0) is 10.9 Å². The minimum atomic E-state index is -4.54. The predicted molar refractivity (Wildman–Crippen MR) is 70.2 cm³/mol. The molecule has 0 aliphatic carbocycles. The molecule has 0 amide bonds. The van der Waals surface area contributed by atoms with Crippen LogP contribution in [0, 0.1) is 0 Å². The van der Waals surface area contributed by atoms with Crippen molar-refractivity contribution in [3.8, 4) is 5.88 Å². The molecule has 1 fully saturated rings. The highest BCUT2D eigenvalue weighted by molar-refractivity contribution is 7.81. The number of rotatable bonds is 2. The van der Waals surface area contributed by atoms with E-state index >= 15 is 0 Å². The van der Waals surface area contributed by atoms with Crippen LogP contribution < -0.4 is 4.74 Å². The van der Waals surface area contributed by atoms with Crippen LogP contribution in [0.4, 0.5) is 13.2 Å². The molecule has 10 heteroatoms. The molecule has 2 rings (SSSR count). The van der Waals surface area contributed by atoms with Gasteiger partial charge in [0.15, 0.2) is 6.10 Å². The van der Waals surface area contributed by atoms with Crippen molar-refractivity contribution >= 4 is 12.6 Å². The number of thiol groups is 1. The third-order valence-corrected chi connectivity index (χ3v) is 3.66. The van der Waals surface area contributed by atoms with Crippen molar-refractivity contribution in [2.24, 2.45) is 0 Å². The summed E-state index contributed by atoms with van der Waals surface area (Å²) in [7, 11) is 0. The largest absolute Gasteiger partial charge is 0.433 e. The van der Waals surface area contributed by atoms with E-state index in [0.29, 0.717) is 6.20 Å². The fourth-order valence-corrected chi connectivity index (χ4v) is 2.34. The maximum Gasteiger partial charge on any atom is 0.417 e. The fourth-order valence-electron chi connectivity index (χ4n) is 1.93. The zero-order valence-corrected chi connectivity index (χ0v) is 12.1. The average molecular weight is 341 g/mol. The van der Waals surface area contributed by atoms with E-state index in [2.05, 4.69) is 17.6 Å². The fraction of sp³-hybridized carbons (Fsp3) is 0.583. The number of aliphatic hydroxyl groups is 3. The number of hydrogen-bond donors (Lipinski definition) is 4. The van der Waals surface area contributed by atoms with Crippen molar-refractivity contribution in [3.05, 3.63) is 23.9 Å². The summed E-state index contributed by atoms with van der Waals surface area (Å²) < 4.78 is 47.7. The molecule has 22 heavy (non-hydrogen) atoms. The van der Waals surface area contributed by atoms with Gasteiger partial charge in [-0.2, -0.15) is 13.2 Å². The molecule has 0 spiro atoms. The molecule has 2 heterocycles. The number of nitrogens with zero attached hydrogens (tertiary/aromatic N) is 1. The van der Waals surface area contributed by atoms with Gasteiger partial charge in [0.05, 0.1) is 11.7 Å². The first-order chi connectivity index (χ1) is 10.0. The number of pyridine rings is 1. The van der Waals surface area contributed by atoms with Gasteiger partial charge < -0.3 is 24.8 Å². The minimum absolute atomic E-state index is 0.294. The van der Waals surface area contributed by atoms with Crippen molar-refractivity contribution in [3.63, 3.8) is 0 Å². The summed E-state index contributed by atoms with van der Waals surface area (Å²) in [5.41, 5.74) is -0.970. The lowest BCUT2D eigenvalue weighted by Crippen LogP contribution is -2.63. The summed E-state index contributed by atoms with van der Waals surface area (Å²) in [6, 6.07) is 1.67. The Morgan fingerprint density at radius 2 is 1.91 bits per heavy atom. The molecular weight excluding hydrogens is 327 g/mol. The second-order valence-electron chi connectivity index (χ2n) is 4.86. The molecule has 1 aromatic rings. The third kappa shape index (κ3) is 3.30. The van der Waals surface area contributed by atoms with Crippen molar-refractivity contribution in [2.45, 2.75) is 42.6 Å². The van der Waals surface area contributed by atoms with Gasteiger partial charge >= 0.3 is 6.18 Å². The van der Waals surface area contributed by atoms with Crippen LogP contribution in [-0.4, -0.2) is 49.8 Å². The quantitative estimate of drug-likeness (QED) is 0.464. The molecular formula is C12H14F3NO5S. The van der Waals surface area contributed by atoms with Crippen molar-refractivity contribution in [1.82, 2.24) is 4.98 Å². The zero-order chi connectivity index (χ0) is 16.7. The Labute approximate surface area is 128 Å². The second-order valence-corrected chi connectivity index (χ2v) is 5.49. The summed E-state index contributed by atoms with van der Waals surface area (Å²) in [5, 5.41) is 27.1. The maximum absolute atomic E-state index is 12.4. The molecule has 6 nitrogen and oxygen atoms in total. The highest BCUT2D eigenvalue weighted by Crippen LogP contribution is 2.35. The molecule has 1 aromatic heterocycles. The molecule has 0 aromatic carbocycles. The Morgan fingerprint density at radius 3 is 2.41 bits per heavy atom. The van der Waals surface area contributed by atoms with Gasteiger partial charge in [-0.3, -0.25) is 0 Å². The maximum atomic E-state index is 12.4. The SMILES string of the molecule is C[C@@H]1O[C@@](S)(Oc2ccc(C(F)(F)F)cn2)[C@@H](O)[C@H](O)[C@@H]1O. The molecule has 3 N–H and O–H groups in total. The summed E-state index contributed by atoms with van der Waals surface area (Å²) in [5.74, 6) is -0.294. The minimum Gasteiger partial charge on any atom is -0.433 e. The van der Waals surface area contributed by atoms with Gasteiger partial charge in [0.25, 0.3) is 5.12 Å². The summed E-state index contributed by atoms with van der Waals surface area (Å²) in [6.45, 7) is 1.41. The van der Waals surface area contributed by atoms with E-state index in [-0.39, 0.29) is 5.88 Å². The molecule has 124 valence electrons. The van der Waals surface area contributed by atoms with Crippen molar-refractivity contribution < 1.29 is 38.0 Å². The van der Waals surface area contributed by atoms with Crippen molar-refractivity contribution in [2.75, 3.05) is 0 Å². The molecule has 0 bridgehead atoms. The van der Waals surface area contributed by atoms with Gasteiger partial charge in [0, 0.05) is 12.3 Å². The normalized spacial score (nSPS) is 36.2. The van der Waals surface area contributed by atoms with Gasteiger partial charge in [0.2, 0.25) is 5.88 Å². The Morgan fingerprint density at radius 1 is 1.27 bits per heavy atom. The number of aliphatic hydroxyl groups excluding tert-OH is 3. The lowest BCUT2D eigenvalue weighted by atomic mass is 10.00. The predicted octanol–water partition coefficient (Wildman–Crippen LogP) is 0.564. The smallest absolute Gasteiger partial charge is 0.417 e. The first kappa shape index (κ1) is 17.3. The molecule has 0 radical (unpaired) electrons. The van der Waals surface area contributed by atoms with Crippen LogP contribution in [0.3, 0.4) is 0 Å². The molecule has 5 atom stereocenters. The highest BCUT2D eigenvalue weighted by Gasteiger charge is 2.52. The van der Waals surface area contributed by atoms with Gasteiger partial charge in [-0.15, -0.1) is 0 Å². The van der Waals surface area contributed by atoms with E-state index in [1.807, 2.05) is 0 Å². The number of ether oxygens (including phenoxy) is 2. The van der Waals surface area contributed by atoms with E-state index in [4.69, 9.17) is 9.47 Å². The Hall–Kier alpha value is -1.07. The summed E-state index contributed by atoms with van der Waals surface area (Å²) >= 11 is 3.97. The van der Waals surface area contributed by atoms with Crippen LogP contribution in [0.25, 0.3) is 0 Å². The number of aromatic nitrogens is 1. The van der Waals surface area contributed by atoms with Gasteiger partial charge in [-0.25, -0.2) is 4.98 Å². The van der Waals surface area contributed by atoms with Crippen molar-refractivity contribution in [1.29, 1.82) is 0 Å². The zero-order valence-electron chi connectivity index (χ0n) is 11.2. The second kappa shape index (κ2) is 5.85. The van der Waals surface area contributed by atoms with E-state index < -0.39 is 41.3 Å². The highest BCUT2D eigenvalue weighted by atomic mass is 32.1. The number of hydrogen-bond acceptors (Lipinski definition) is 7. The van der Waals surface area contributed by atoms with Gasteiger partial charge in [-0.05, 0) is 13.0 Å². The molecule has 1 aliphatic rings. The molecule has 0 saturated carbocycles. The molecule has 1 saturated heterocycles. The summed E-state index contributed by atoms with van der Waals surface area (Å²) in [6.07, 6.45) is -9.62. The lowest BCUT2D eigenvalue weighted by Gasteiger charge is -2.44. The first-order valence-corrected chi connectivity index (χ1v) is 6.66. The Bertz CT molecular complexity index is 528. The third-order valence-electron chi connectivity index (χ3n) is 3.20. The average Bonchev–Trinajstić information content (AvgIpc) is 2.43. The monoisotopic (exact) mass is 341 g/mol. The first-order valence-electron chi connectivity index (χ1n) is 6.21.